The molecule has 26 heavy (non-hydrogen) atoms. The zero-order valence-corrected chi connectivity index (χ0v) is 14.7. The van der Waals surface area contributed by atoms with Gasteiger partial charge in [0.2, 0.25) is 0 Å². The van der Waals surface area contributed by atoms with Crippen molar-refractivity contribution in [1.82, 2.24) is 14.9 Å². The summed E-state index contributed by atoms with van der Waals surface area (Å²) in [6.07, 6.45) is 9.28. The van der Waals surface area contributed by atoms with Gasteiger partial charge in [-0.2, -0.15) is 0 Å². The van der Waals surface area contributed by atoms with Crippen molar-refractivity contribution in [2.45, 2.75) is 31.5 Å². The molecule has 0 bridgehead atoms. The molecule has 0 aromatic carbocycles. The second kappa shape index (κ2) is 7.55. The lowest BCUT2D eigenvalue weighted by atomic mass is 9.79. The third-order valence-electron chi connectivity index (χ3n) is 5.18. The molecule has 138 valence electrons. The lowest BCUT2D eigenvalue weighted by molar-refractivity contribution is -0.167. The SMILES string of the molecule is O=C(c1cocn1)N1CC2(C[C@H](CCOCc3ccncc3)CCO2)C1. The number of oxazole rings is 1. The van der Waals surface area contributed by atoms with Crippen molar-refractivity contribution >= 4 is 5.91 Å². The first-order chi connectivity index (χ1) is 12.7. The van der Waals surface area contributed by atoms with E-state index >= 15 is 0 Å². The van der Waals surface area contributed by atoms with E-state index in [-0.39, 0.29) is 11.5 Å². The summed E-state index contributed by atoms with van der Waals surface area (Å²) in [5.41, 5.74) is 1.31. The Morgan fingerprint density at radius 3 is 2.96 bits per heavy atom. The summed E-state index contributed by atoms with van der Waals surface area (Å²) < 4.78 is 16.7. The molecule has 7 nitrogen and oxygen atoms in total. The summed E-state index contributed by atoms with van der Waals surface area (Å²) in [6.45, 7) is 3.38. The van der Waals surface area contributed by atoms with Gasteiger partial charge in [0, 0.05) is 25.6 Å². The first-order valence-electron chi connectivity index (χ1n) is 9.02. The van der Waals surface area contributed by atoms with Gasteiger partial charge in [0.25, 0.3) is 5.91 Å². The van der Waals surface area contributed by atoms with Gasteiger partial charge in [-0.3, -0.25) is 9.78 Å². The number of ether oxygens (including phenoxy) is 2. The molecule has 1 atom stereocenters. The number of nitrogens with zero attached hydrogens (tertiary/aromatic N) is 3. The van der Waals surface area contributed by atoms with E-state index in [9.17, 15) is 4.79 Å². The van der Waals surface area contributed by atoms with Gasteiger partial charge in [0.1, 0.15) is 11.9 Å². The van der Waals surface area contributed by atoms with Crippen LogP contribution in [0, 0.1) is 5.92 Å². The van der Waals surface area contributed by atoms with Crippen molar-refractivity contribution < 1.29 is 18.7 Å². The Kier molecular flexibility index (Phi) is 4.99. The molecule has 1 amide bonds. The summed E-state index contributed by atoms with van der Waals surface area (Å²) in [6, 6.07) is 3.94. The van der Waals surface area contributed by atoms with Gasteiger partial charge in [-0.15, -0.1) is 0 Å². The van der Waals surface area contributed by atoms with Crippen LogP contribution >= 0.6 is 0 Å². The molecular weight excluding hydrogens is 334 g/mol. The van der Waals surface area contributed by atoms with E-state index in [0.29, 0.717) is 31.3 Å². The summed E-state index contributed by atoms with van der Waals surface area (Å²) in [5.74, 6) is 0.487. The minimum absolute atomic E-state index is 0.0872. The summed E-state index contributed by atoms with van der Waals surface area (Å²) in [4.78, 5) is 22.0. The highest BCUT2D eigenvalue weighted by Crippen LogP contribution is 2.38. The molecule has 0 unspecified atom stereocenters. The molecule has 4 heterocycles. The van der Waals surface area contributed by atoms with Crippen molar-refractivity contribution in [2.24, 2.45) is 5.92 Å². The van der Waals surface area contributed by atoms with Gasteiger partial charge in [-0.25, -0.2) is 4.98 Å². The van der Waals surface area contributed by atoms with Crippen LogP contribution in [0.25, 0.3) is 0 Å². The lowest BCUT2D eigenvalue weighted by Gasteiger charge is -2.53. The average molecular weight is 357 g/mol. The summed E-state index contributed by atoms with van der Waals surface area (Å²) >= 11 is 0. The molecule has 2 saturated heterocycles. The molecule has 0 radical (unpaired) electrons. The van der Waals surface area contributed by atoms with E-state index in [4.69, 9.17) is 13.9 Å². The van der Waals surface area contributed by atoms with Crippen LogP contribution in [-0.4, -0.2) is 52.7 Å². The predicted octanol–water partition coefficient (Wildman–Crippen LogP) is 2.30. The zero-order valence-electron chi connectivity index (χ0n) is 14.7. The molecule has 2 aromatic rings. The van der Waals surface area contributed by atoms with Crippen molar-refractivity contribution in [2.75, 3.05) is 26.3 Å². The zero-order chi connectivity index (χ0) is 17.8. The topological polar surface area (TPSA) is 77.7 Å². The van der Waals surface area contributed by atoms with E-state index in [0.717, 1.165) is 38.0 Å². The number of amides is 1. The smallest absolute Gasteiger partial charge is 0.276 e. The average Bonchev–Trinajstić information content (AvgIpc) is 3.18. The number of aromatic nitrogens is 2. The molecule has 1 spiro atoms. The molecule has 0 N–H and O–H groups in total. The van der Waals surface area contributed by atoms with Crippen LogP contribution in [0.3, 0.4) is 0 Å². The van der Waals surface area contributed by atoms with Crippen LogP contribution in [0.2, 0.25) is 0 Å². The fourth-order valence-corrected chi connectivity index (χ4v) is 3.79. The largest absolute Gasteiger partial charge is 0.451 e. The molecule has 4 rings (SSSR count). The highest BCUT2D eigenvalue weighted by atomic mass is 16.5. The predicted molar refractivity (Wildman–Crippen MR) is 92.3 cm³/mol. The molecule has 2 aliphatic heterocycles. The standard InChI is InChI=1S/C19H23N3O4/c23-18(17-11-25-14-21-17)22-12-19(13-22)9-15(4-8-26-19)3-7-24-10-16-1-5-20-6-2-16/h1-2,5-6,11,14-15H,3-4,7-10,12-13H2/t15-/m1/s1. The molecule has 7 heteroatoms. The van der Waals surface area contributed by atoms with Gasteiger partial charge >= 0.3 is 0 Å². The normalized spacial score (nSPS) is 21.5. The Balaban J connectivity index is 1.21. The number of rotatable bonds is 6. The summed E-state index contributed by atoms with van der Waals surface area (Å²) in [5, 5.41) is 0. The lowest BCUT2D eigenvalue weighted by Crippen LogP contribution is -2.66. The number of carbonyl (C=O) groups is 1. The molecule has 2 aliphatic rings. The monoisotopic (exact) mass is 357 g/mol. The maximum atomic E-state index is 12.3. The van der Waals surface area contributed by atoms with Gasteiger partial charge in [-0.1, -0.05) is 0 Å². The minimum Gasteiger partial charge on any atom is -0.451 e. The highest BCUT2D eigenvalue weighted by molar-refractivity contribution is 5.92. The second-order valence-electron chi connectivity index (χ2n) is 7.12. The number of hydrogen-bond donors (Lipinski definition) is 0. The fourth-order valence-electron chi connectivity index (χ4n) is 3.79. The van der Waals surface area contributed by atoms with Crippen molar-refractivity contribution in [3.8, 4) is 0 Å². The molecule has 0 aliphatic carbocycles. The van der Waals surface area contributed by atoms with Crippen LogP contribution in [0.15, 0.2) is 41.6 Å². The van der Waals surface area contributed by atoms with Crippen LogP contribution in [0.1, 0.15) is 35.3 Å². The quantitative estimate of drug-likeness (QED) is 0.738. The van der Waals surface area contributed by atoms with E-state index in [1.54, 1.807) is 17.3 Å². The Hall–Kier alpha value is -2.25. The second-order valence-corrected chi connectivity index (χ2v) is 7.12. The van der Waals surface area contributed by atoms with E-state index < -0.39 is 0 Å². The minimum atomic E-state index is -0.187. The Bertz CT molecular complexity index is 714. The molecule has 2 fully saturated rings. The molecule has 2 aromatic heterocycles. The third-order valence-corrected chi connectivity index (χ3v) is 5.18. The van der Waals surface area contributed by atoms with Crippen LogP contribution in [0.4, 0.5) is 0 Å². The maximum Gasteiger partial charge on any atom is 0.276 e. The molecule has 0 saturated carbocycles. The number of pyridine rings is 1. The van der Waals surface area contributed by atoms with E-state index in [1.807, 2.05) is 12.1 Å². The number of carbonyl (C=O) groups excluding carboxylic acids is 1. The Morgan fingerprint density at radius 1 is 1.35 bits per heavy atom. The first kappa shape index (κ1) is 17.2. The van der Waals surface area contributed by atoms with Crippen molar-refractivity contribution in [1.29, 1.82) is 0 Å². The van der Waals surface area contributed by atoms with Crippen molar-refractivity contribution in [3.63, 3.8) is 0 Å². The fraction of sp³-hybridized carbons (Fsp3) is 0.526. The van der Waals surface area contributed by atoms with Crippen LogP contribution in [0.5, 0.6) is 0 Å². The van der Waals surface area contributed by atoms with Crippen molar-refractivity contribution in [3.05, 3.63) is 48.4 Å². The number of hydrogen-bond acceptors (Lipinski definition) is 6. The van der Waals surface area contributed by atoms with Gasteiger partial charge in [0.05, 0.1) is 19.7 Å². The molecular formula is C19H23N3O4. The maximum absolute atomic E-state index is 12.3. The first-order valence-corrected chi connectivity index (χ1v) is 9.02. The van der Waals surface area contributed by atoms with E-state index in [1.165, 1.54) is 12.7 Å². The van der Waals surface area contributed by atoms with Gasteiger partial charge in [0.15, 0.2) is 12.1 Å². The van der Waals surface area contributed by atoms with Gasteiger partial charge < -0.3 is 18.8 Å². The van der Waals surface area contributed by atoms with E-state index in [2.05, 4.69) is 9.97 Å². The highest BCUT2D eigenvalue weighted by Gasteiger charge is 2.49. The Labute approximate surface area is 152 Å². The third kappa shape index (κ3) is 3.78. The van der Waals surface area contributed by atoms with Crippen LogP contribution in [-0.2, 0) is 16.1 Å². The Morgan fingerprint density at radius 2 is 2.19 bits per heavy atom. The summed E-state index contributed by atoms with van der Waals surface area (Å²) in [7, 11) is 0. The number of likely N-dealkylation sites (tertiary alicyclic amines) is 1. The van der Waals surface area contributed by atoms with Crippen LogP contribution < -0.4 is 0 Å². The van der Waals surface area contributed by atoms with Gasteiger partial charge in [-0.05, 0) is 42.9 Å².